The summed E-state index contributed by atoms with van der Waals surface area (Å²) in [6, 6.07) is 0. The molecule has 0 fully saturated rings. The molecule has 0 aliphatic heterocycles. The number of carbonyl (C=O) groups is 3. The van der Waals surface area contributed by atoms with Crippen molar-refractivity contribution >= 4 is 17.9 Å². The average molecular weight is 925 g/mol. The van der Waals surface area contributed by atoms with Gasteiger partial charge in [0.25, 0.3) is 0 Å². The molecule has 0 radical (unpaired) electrons. The summed E-state index contributed by atoms with van der Waals surface area (Å²) in [4.78, 5) is 38.0. The van der Waals surface area contributed by atoms with Gasteiger partial charge in [0.15, 0.2) is 6.10 Å². The number of ether oxygens (including phenoxy) is 3. The first-order chi connectivity index (χ1) is 33.0. The molecular weight excluding hydrogens is 829 g/mol. The van der Waals surface area contributed by atoms with Crippen molar-refractivity contribution in [3.8, 4) is 0 Å². The van der Waals surface area contributed by atoms with Gasteiger partial charge in [-0.1, -0.05) is 199 Å². The molecule has 376 valence electrons. The molecule has 0 saturated carbocycles. The van der Waals surface area contributed by atoms with E-state index in [0.29, 0.717) is 19.3 Å². The molecule has 6 nitrogen and oxygen atoms in total. The maximum atomic E-state index is 12.8. The third-order valence-electron chi connectivity index (χ3n) is 10.6. The zero-order valence-electron chi connectivity index (χ0n) is 42.9. The molecule has 67 heavy (non-hydrogen) atoms. The van der Waals surface area contributed by atoms with Crippen molar-refractivity contribution < 1.29 is 28.6 Å². The summed E-state index contributed by atoms with van der Waals surface area (Å²) in [7, 11) is 0. The molecule has 0 aliphatic rings. The van der Waals surface area contributed by atoms with Crippen LogP contribution in [-0.2, 0) is 28.6 Å². The van der Waals surface area contributed by atoms with Crippen LogP contribution < -0.4 is 0 Å². The molecule has 0 spiro atoms. The fraction of sp³-hybridized carbons (Fsp3) is 0.590. The van der Waals surface area contributed by atoms with Crippen LogP contribution in [0.15, 0.2) is 134 Å². The molecule has 0 unspecified atom stereocenters. The lowest BCUT2D eigenvalue weighted by molar-refractivity contribution is -0.166. The SMILES string of the molecule is CC/C=C\C/C=C\C/C=C\CCCCCCCC(=O)OC[C@H](COC(=O)CCCC/C=C\C/C=C\C/C=C\CCCCC)OC(=O)CC/C=C\C/C=C\C/C=C\C/C=C\C/C=C\CCCCC. The number of allylic oxidation sites excluding steroid dienone is 22. The molecule has 0 aliphatic carbocycles. The van der Waals surface area contributed by atoms with Crippen LogP contribution >= 0.6 is 0 Å². The summed E-state index contributed by atoms with van der Waals surface area (Å²) in [6.07, 6.45) is 75.9. The fourth-order valence-electron chi connectivity index (χ4n) is 6.62. The first-order valence-corrected chi connectivity index (χ1v) is 26.7. The molecule has 0 rings (SSSR count). The maximum absolute atomic E-state index is 12.8. The van der Waals surface area contributed by atoms with Crippen LogP contribution in [0.3, 0.4) is 0 Å². The molecule has 0 aromatic rings. The summed E-state index contributed by atoms with van der Waals surface area (Å²) in [5, 5.41) is 0. The van der Waals surface area contributed by atoms with Gasteiger partial charge in [-0.2, -0.15) is 0 Å². The minimum absolute atomic E-state index is 0.134. The molecule has 0 N–H and O–H groups in total. The van der Waals surface area contributed by atoms with Crippen LogP contribution in [-0.4, -0.2) is 37.2 Å². The van der Waals surface area contributed by atoms with E-state index in [4.69, 9.17) is 14.2 Å². The van der Waals surface area contributed by atoms with Gasteiger partial charge < -0.3 is 14.2 Å². The van der Waals surface area contributed by atoms with E-state index in [1.165, 1.54) is 51.4 Å². The Morgan fingerprint density at radius 2 is 0.612 bits per heavy atom. The standard InChI is InChI=1S/C61H96O6/c1-4-7-10-13-16-19-22-25-28-29-30-31-34-37-40-43-46-49-52-55-61(64)67-58(56-65-59(62)53-50-47-44-41-38-35-32-26-23-20-17-14-11-8-5-2)57-66-60(63)54-51-48-45-42-39-36-33-27-24-21-18-15-12-9-6-3/h8,11,16-21,25-28,30-33,37,39-40,42,46,49,58H,4-7,9-10,12-15,22-24,29,34-36,38,41,43-45,47-48,50-57H2,1-3H3/b11-8-,19-16-,20-17-,21-18-,28-25-,31-30-,32-26-,33-27-,40-37-,42-39-,49-46-/t58-/m1/s1. The second-order valence-corrected chi connectivity index (χ2v) is 17.0. The van der Waals surface area contributed by atoms with Gasteiger partial charge in [0.05, 0.1) is 0 Å². The first kappa shape index (κ1) is 62.5. The highest BCUT2D eigenvalue weighted by molar-refractivity contribution is 5.71. The van der Waals surface area contributed by atoms with E-state index in [1.54, 1.807) is 0 Å². The van der Waals surface area contributed by atoms with Crippen molar-refractivity contribution in [2.24, 2.45) is 0 Å². The van der Waals surface area contributed by atoms with Crippen molar-refractivity contribution in [3.63, 3.8) is 0 Å². The van der Waals surface area contributed by atoms with E-state index < -0.39 is 12.1 Å². The fourth-order valence-corrected chi connectivity index (χ4v) is 6.62. The molecule has 0 aromatic heterocycles. The highest BCUT2D eigenvalue weighted by atomic mass is 16.6. The highest BCUT2D eigenvalue weighted by Gasteiger charge is 2.19. The molecule has 0 aromatic carbocycles. The van der Waals surface area contributed by atoms with Gasteiger partial charge in [0.2, 0.25) is 0 Å². The van der Waals surface area contributed by atoms with Gasteiger partial charge in [-0.25, -0.2) is 0 Å². The number of carbonyl (C=O) groups excluding carboxylic acids is 3. The molecule has 6 heteroatoms. The number of hydrogen-bond donors (Lipinski definition) is 0. The van der Waals surface area contributed by atoms with E-state index in [9.17, 15) is 14.4 Å². The smallest absolute Gasteiger partial charge is 0.306 e. The predicted octanol–water partition coefficient (Wildman–Crippen LogP) is 17.9. The Bertz CT molecular complexity index is 1480. The van der Waals surface area contributed by atoms with Gasteiger partial charge in [-0.3, -0.25) is 14.4 Å². The zero-order valence-corrected chi connectivity index (χ0v) is 42.9. The first-order valence-electron chi connectivity index (χ1n) is 26.7. The molecule has 0 heterocycles. The Morgan fingerprint density at radius 1 is 0.313 bits per heavy atom. The van der Waals surface area contributed by atoms with E-state index >= 15 is 0 Å². The van der Waals surface area contributed by atoms with Crippen molar-refractivity contribution in [1.82, 2.24) is 0 Å². The lowest BCUT2D eigenvalue weighted by atomic mass is 10.1. The second kappa shape index (κ2) is 54.2. The van der Waals surface area contributed by atoms with Crippen molar-refractivity contribution in [2.75, 3.05) is 13.2 Å². The average Bonchev–Trinajstić information content (AvgIpc) is 3.33. The maximum Gasteiger partial charge on any atom is 0.306 e. The van der Waals surface area contributed by atoms with Crippen molar-refractivity contribution in [1.29, 1.82) is 0 Å². The summed E-state index contributed by atoms with van der Waals surface area (Å²) in [6.45, 7) is 6.34. The minimum atomic E-state index is -0.845. The molecule has 1 atom stereocenters. The highest BCUT2D eigenvalue weighted by Crippen LogP contribution is 2.11. The Hall–Kier alpha value is -4.45. The minimum Gasteiger partial charge on any atom is -0.462 e. The molecule has 0 amide bonds. The lowest BCUT2D eigenvalue weighted by Crippen LogP contribution is -2.30. The number of hydrogen-bond acceptors (Lipinski definition) is 6. The largest absolute Gasteiger partial charge is 0.462 e. The van der Waals surface area contributed by atoms with Gasteiger partial charge in [-0.05, 0) is 128 Å². The van der Waals surface area contributed by atoms with E-state index in [0.717, 1.165) is 109 Å². The normalized spacial score (nSPS) is 13.2. The van der Waals surface area contributed by atoms with Gasteiger partial charge in [-0.15, -0.1) is 0 Å². The summed E-state index contributed by atoms with van der Waals surface area (Å²) >= 11 is 0. The second-order valence-electron chi connectivity index (χ2n) is 17.0. The van der Waals surface area contributed by atoms with Gasteiger partial charge >= 0.3 is 17.9 Å². The van der Waals surface area contributed by atoms with Crippen LogP contribution in [0.2, 0.25) is 0 Å². The van der Waals surface area contributed by atoms with Crippen molar-refractivity contribution in [3.05, 3.63) is 134 Å². The predicted molar refractivity (Wildman–Crippen MR) is 288 cm³/mol. The molecule has 0 bridgehead atoms. The Kier molecular flexibility index (Phi) is 50.6. The third kappa shape index (κ3) is 52.4. The van der Waals surface area contributed by atoms with Gasteiger partial charge in [0, 0.05) is 19.3 Å². The molecular formula is C61H96O6. The Labute approximate surface area is 411 Å². The Balaban J connectivity index is 4.62. The monoisotopic (exact) mass is 925 g/mol. The molecule has 0 saturated heterocycles. The quantitative estimate of drug-likeness (QED) is 0.0262. The van der Waals surface area contributed by atoms with E-state index in [2.05, 4.69) is 142 Å². The number of esters is 3. The summed E-state index contributed by atoms with van der Waals surface area (Å²) in [5.41, 5.74) is 0. The summed E-state index contributed by atoms with van der Waals surface area (Å²) in [5.74, 6) is -1.08. The van der Waals surface area contributed by atoms with E-state index in [1.807, 2.05) is 12.2 Å². The lowest BCUT2D eigenvalue weighted by Gasteiger charge is -2.18. The Morgan fingerprint density at radius 3 is 1.00 bits per heavy atom. The zero-order chi connectivity index (χ0) is 48.6. The third-order valence-corrected chi connectivity index (χ3v) is 10.6. The van der Waals surface area contributed by atoms with Crippen LogP contribution in [0.25, 0.3) is 0 Å². The van der Waals surface area contributed by atoms with E-state index in [-0.39, 0.29) is 38.0 Å². The summed E-state index contributed by atoms with van der Waals surface area (Å²) < 4.78 is 16.7. The van der Waals surface area contributed by atoms with Crippen LogP contribution in [0.4, 0.5) is 0 Å². The van der Waals surface area contributed by atoms with Gasteiger partial charge in [0.1, 0.15) is 13.2 Å². The topological polar surface area (TPSA) is 78.9 Å². The van der Waals surface area contributed by atoms with Crippen LogP contribution in [0.5, 0.6) is 0 Å². The van der Waals surface area contributed by atoms with Crippen LogP contribution in [0.1, 0.15) is 213 Å². The number of unbranched alkanes of at least 4 members (excludes halogenated alkanes) is 13. The number of rotatable bonds is 46. The van der Waals surface area contributed by atoms with Crippen molar-refractivity contribution in [2.45, 2.75) is 219 Å². The van der Waals surface area contributed by atoms with Crippen LogP contribution in [0, 0.1) is 0 Å².